The normalized spacial score (nSPS) is 10.8. The number of ether oxygens (including phenoxy) is 5. The van der Waals surface area contributed by atoms with Gasteiger partial charge in [0.25, 0.3) is 11.8 Å². The number of carbonyl (C=O) groups excluding carboxylic acids is 3. The zero-order valence-corrected chi connectivity index (χ0v) is 26.2. The molecule has 0 bridgehead atoms. The fraction of sp³-hybridized carbons (Fsp3) is 0.118. The number of hydrogen-bond acceptors (Lipinski definition) is 11. The van der Waals surface area contributed by atoms with E-state index >= 15 is 0 Å². The third-order valence-electron chi connectivity index (χ3n) is 6.65. The van der Waals surface area contributed by atoms with Gasteiger partial charge in [0.15, 0.2) is 11.5 Å². The smallest absolute Gasteiger partial charge is 0.336 e. The predicted molar refractivity (Wildman–Crippen MR) is 176 cm³/mol. The maximum Gasteiger partial charge on any atom is 0.336 e. The molecule has 14 nitrogen and oxygen atoms in total. The topological polar surface area (TPSA) is 177 Å². The minimum atomic E-state index is -0.865. The van der Waals surface area contributed by atoms with Crippen LogP contribution >= 0.6 is 0 Å². The Morgan fingerprint density at radius 3 is 2.02 bits per heavy atom. The number of benzene rings is 4. The van der Waals surface area contributed by atoms with Gasteiger partial charge in [-0.3, -0.25) is 19.7 Å². The van der Waals surface area contributed by atoms with Gasteiger partial charge in [-0.25, -0.2) is 10.2 Å². The lowest BCUT2D eigenvalue weighted by molar-refractivity contribution is -0.385. The number of hydrogen-bond donors (Lipinski definition) is 2. The SMILES string of the molecule is COc1ccc(/C=C/C(=O)Oc2c(/C=N/NC(=O)c3ccc(NC(=O)c4cc(OC)c(OC)c(OC)c4)cc3)cccc2[N+](=O)[O-])cc1. The quantitative estimate of drug-likeness (QED) is 0.0482. The van der Waals surface area contributed by atoms with Gasteiger partial charge in [0.1, 0.15) is 5.75 Å². The third kappa shape index (κ3) is 8.51. The Balaban J connectivity index is 1.42. The highest BCUT2D eigenvalue weighted by atomic mass is 16.6. The van der Waals surface area contributed by atoms with Crippen LogP contribution in [0, 0.1) is 10.1 Å². The zero-order chi connectivity index (χ0) is 34.6. The maximum absolute atomic E-state index is 12.9. The van der Waals surface area contributed by atoms with E-state index < -0.39 is 28.4 Å². The van der Waals surface area contributed by atoms with E-state index in [4.69, 9.17) is 23.7 Å². The summed E-state index contributed by atoms with van der Waals surface area (Å²) >= 11 is 0. The van der Waals surface area contributed by atoms with Crippen LogP contribution in [0.5, 0.6) is 28.7 Å². The number of anilines is 1. The molecule has 2 amide bonds. The molecule has 0 saturated carbocycles. The van der Waals surface area contributed by atoms with E-state index in [1.165, 1.54) is 89.1 Å². The summed E-state index contributed by atoms with van der Waals surface area (Å²) in [5, 5.41) is 18.3. The summed E-state index contributed by atoms with van der Waals surface area (Å²) in [7, 11) is 5.86. The van der Waals surface area contributed by atoms with E-state index in [2.05, 4.69) is 15.8 Å². The van der Waals surface area contributed by atoms with Crippen molar-refractivity contribution in [3.63, 3.8) is 0 Å². The van der Waals surface area contributed by atoms with Crippen molar-refractivity contribution in [2.45, 2.75) is 0 Å². The highest BCUT2D eigenvalue weighted by Gasteiger charge is 2.21. The van der Waals surface area contributed by atoms with Crippen molar-refractivity contribution in [1.82, 2.24) is 5.43 Å². The fourth-order valence-corrected chi connectivity index (χ4v) is 4.26. The molecule has 0 aliphatic heterocycles. The van der Waals surface area contributed by atoms with E-state index in [9.17, 15) is 24.5 Å². The molecule has 0 unspecified atom stereocenters. The summed E-state index contributed by atoms with van der Waals surface area (Å²) in [6, 6.07) is 19.8. The van der Waals surface area contributed by atoms with Crippen LogP contribution < -0.4 is 34.4 Å². The van der Waals surface area contributed by atoms with Crippen molar-refractivity contribution >= 4 is 41.4 Å². The molecule has 0 atom stereocenters. The molecule has 0 aliphatic rings. The second-order valence-corrected chi connectivity index (χ2v) is 9.62. The number of rotatable bonds is 13. The molecule has 4 rings (SSSR count). The molecule has 4 aromatic carbocycles. The molecule has 0 aliphatic carbocycles. The van der Waals surface area contributed by atoms with Gasteiger partial charge in [-0.05, 0) is 66.2 Å². The van der Waals surface area contributed by atoms with Crippen LogP contribution in [0.4, 0.5) is 11.4 Å². The average Bonchev–Trinajstić information content (AvgIpc) is 3.10. The van der Waals surface area contributed by atoms with Gasteiger partial charge in [0.05, 0.1) is 39.6 Å². The number of nitro groups is 1. The Hall–Kier alpha value is -6.70. The van der Waals surface area contributed by atoms with E-state index in [0.29, 0.717) is 34.2 Å². The van der Waals surface area contributed by atoms with Crippen molar-refractivity contribution in [1.29, 1.82) is 0 Å². The minimum absolute atomic E-state index is 0.0700. The first kappa shape index (κ1) is 34.2. The summed E-state index contributed by atoms with van der Waals surface area (Å²) in [6.45, 7) is 0. The van der Waals surface area contributed by atoms with Gasteiger partial charge in [0, 0.05) is 34.5 Å². The fourth-order valence-electron chi connectivity index (χ4n) is 4.26. The molecule has 246 valence electrons. The molecular weight excluding hydrogens is 624 g/mol. The van der Waals surface area contributed by atoms with E-state index in [-0.39, 0.29) is 22.4 Å². The number of amides is 2. The van der Waals surface area contributed by atoms with Crippen molar-refractivity contribution in [3.05, 3.63) is 117 Å². The van der Waals surface area contributed by atoms with Gasteiger partial charge < -0.3 is 29.0 Å². The number of methoxy groups -OCH3 is 4. The molecule has 0 saturated heterocycles. The molecule has 0 heterocycles. The third-order valence-corrected chi connectivity index (χ3v) is 6.65. The van der Waals surface area contributed by atoms with Crippen molar-refractivity contribution in [3.8, 4) is 28.7 Å². The van der Waals surface area contributed by atoms with Crippen molar-refractivity contribution < 1.29 is 43.0 Å². The highest BCUT2D eigenvalue weighted by Crippen LogP contribution is 2.38. The molecule has 14 heteroatoms. The monoisotopic (exact) mass is 654 g/mol. The van der Waals surface area contributed by atoms with E-state index in [1.54, 1.807) is 24.3 Å². The number of nitro benzene ring substituents is 1. The number of carbonyl (C=O) groups is 3. The Morgan fingerprint density at radius 1 is 0.771 bits per heavy atom. The number of hydrazone groups is 1. The van der Waals surface area contributed by atoms with E-state index in [1.807, 2.05) is 0 Å². The Labute approximate surface area is 274 Å². The van der Waals surface area contributed by atoms with Crippen LogP contribution in [0.1, 0.15) is 31.8 Å². The predicted octanol–water partition coefficient (Wildman–Crippen LogP) is 5.26. The van der Waals surface area contributed by atoms with Crippen LogP contribution in [0.2, 0.25) is 0 Å². The number of esters is 1. The summed E-state index contributed by atoms with van der Waals surface area (Å²) in [5.74, 6) is -0.678. The maximum atomic E-state index is 12.9. The molecule has 0 aromatic heterocycles. The second-order valence-electron chi connectivity index (χ2n) is 9.62. The Morgan fingerprint density at radius 2 is 1.44 bits per heavy atom. The van der Waals surface area contributed by atoms with Crippen LogP contribution in [0.3, 0.4) is 0 Å². The summed E-state index contributed by atoms with van der Waals surface area (Å²) in [6.07, 6.45) is 3.72. The second kappa shape index (κ2) is 16.0. The highest BCUT2D eigenvalue weighted by molar-refractivity contribution is 6.05. The molecule has 0 fully saturated rings. The van der Waals surface area contributed by atoms with Gasteiger partial charge in [-0.1, -0.05) is 18.2 Å². The average molecular weight is 655 g/mol. The molecule has 0 spiro atoms. The lowest BCUT2D eigenvalue weighted by Gasteiger charge is -2.14. The van der Waals surface area contributed by atoms with Gasteiger partial charge in [0.2, 0.25) is 11.5 Å². The summed E-state index contributed by atoms with van der Waals surface area (Å²) in [5.41, 5.74) is 3.45. The Kier molecular flexibility index (Phi) is 11.4. The van der Waals surface area contributed by atoms with Crippen LogP contribution in [-0.4, -0.2) is 57.4 Å². The summed E-state index contributed by atoms with van der Waals surface area (Å²) < 4.78 is 26.3. The lowest BCUT2D eigenvalue weighted by Crippen LogP contribution is -2.18. The molecule has 2 N–H and O–H groups in total. The van der Waals surface area contributed by atoms with Crippen molar-refractivity contribution in [2.24, 2.45) is 5.10 Å². The number of nitrogens with one attached hydrogen (secondary N) is 2. The van der Waals surface area contributed by atoms with Gasteiger partial charge in [-0.15, -0.1) is 0 Å². The van der Waals surface area contributed by atoms with Crippen LogP contribution in [-0.2, 0) is 4.79 Å². The van der Waals surface area contributed by atoms with Crippen LogP contribution in [0.25, 0.3) is 6.08 Å². The van der Waals surface area contributed by atoms with Crippen LogP contribution in [0.15, 0.2) is 90.0 Å². The standard InChI is InChI=1S/C34H30N4O10/c1-44-26-15-8-21(9-16-26)10-17-30(39)48-31-23(6-5-7-27(31)38(42)43)20-35-37-34(41)22-11-13-25(14-12-22)36-33(40)24-18-28(45-2)32(47-4)29(19-24)46-3/h5-20H,1-4H3,(H,36,40)(H,37,41)/b17-10+,35-20+. The first-order valence-corrected chi connectivity index (χ1v) is 14.0. The molecular formula is C34H30N4O10. The number of nitrogens with zero attached hydrogens (tertiary/aromatic N) is 2. The lowest BCUT2D eigenvalue weighted by atomic mass is 10.1. The Bertz CT molecular complexity index is 1850. The first-order valence-electron chi connectivity index (χ1n) is 14.0. The first-order chi connectivity index (χ1) is 23.2. The van der Waals surface area contributed by atoms with Crippen molar-refractivity contribution in [2.75, 3.05) is 33.8 Å². The zero-order valence-electron chi connectivity index (χ0n) is 26.2. The largest absolute Gasteiger partial charge is 0.497 e. The van der Waals surface area contributed by atoms with Gasteiger partial charge in [-0.2, -0.15) is 5.10 Å². The number of para-hydroxylation sites is 1. The molecule has 0 radical (unpaired) electrons. The summed E-state index contributed by atoms with van der Waals surface area (Å²) in [4.78, 5) is 49.1. The molecule has 48 heavy (non-hydrogen) atoms. The minimum Gasteiger partial charge on any atom is -0.497 e. The molecule has 4 aromatic rings. The van der Waals surface area contributed by atoms with E-state index in [0.717, 1.165) is 12.3 Å². The van der Waals surface area contributed by atoms with Gasteiger partial charge >= 0.3 is 11.7 Å².